The normalized spacial score (nSPS) is 14.3. The minimum Gasteiger partial charge on any atom is -0.457 e. The third kappa shape index (κ3) is 6.88. The lowest BCUT2D eigenvalue weighted by Crippen LogP contribution is -2.34. The first kappa shape index (κ1) is 47.8. The maximum absolute atomic E-state index is 7.66. The summed E-state index contributed by atoms with van der Waals surface area (Å²) < 4.78 is 21.3. The molecule has 11 aromatic carbocycles. The Morgan fingerprint density at radius 2 is 0.850 bits per heavy atom. The Kier molecular flexibility index (Phi) is 10.5. The maximum atomic E-state index is 7.66. The SMILES string of the molecule is CC(C)(C)c1ccc2c(c1)C1(c3ccccc3Oc3c(N(c4ccc5c(c4)C(c4ccccc4)(c4ccccc4)c4ccccc4O5)c4ccccc4-c4cccc5oc6ccccc6c45)cccc31)c1cc(C(C)(C)C)ccc1-2. The molecule has 1 aliphatic carbocycles. The van der Waals surface area contributed by atoms with Crippen LogP contribution in [0.15, 0.2) is 253 Å². The topological polar surface area (TPSA) is 34.8 Å². The number of hydrogen-bond acceptors (Lipinski definition) is 4. The molecule has 15 rings (SSSR count). The summed E-state index contributed by atoms with van der Waals surface area (Å²) in [6.45, 7) is 13.9. The minimum atomic E-state index is -0.766. The molecule has 0 unspecified atom stereocenters. The molecule has 0 saturated carbocycles. The lowest BCUT2D eigenvalue weighted by molar-refractivity contribution is 0.434. The Labute approximate surface area is 468 Å². The molecule has 4 heteroatoms. The lowest BCUT2D eigenvalue weighted by Gasteiger charge is -2.43. The zero-order chi connectivity index (χ0) is 54.1. The number of rotatable bonds is 6. The van der Waals surface area contributed by atoms with Crippen LogP contribution in [0.2, 0.25) is 0 Å². The number of nitrogens with zero attached hydrogens (tertiary/aromatic N) is 1. The van der Waals surface area contributed by atoms with E-state index in [1.54, 1.807) is 0 Å². The van der Waals surface area contributed by atoms with Gasteiger partial charge in [0.05, 0.1) is 22.2 Å². The number of ether oxygens (including phenoxy) is 2. The molecule has 0 fully saturated rings. The average molecular weight is 1030 g/mol. The van der Waals surface area contributed by atoms with Crippen LogP contribution in [-0.4, -0.2) is 0 Å². The van der Waals surface area contributed by atoms with E-state index in [1.807, 2.05) is 6.07 Å². The minimum absolute atomic E-state index is 0.105. The first-order valence-corrected chi connectivity index (χ1v) is 28.0. The Morgan fingerprint density at radius 3 is 1.52 bits per heavy atom. The van der Waals surface area contributed by atoms with Gasteiger partial charge in [-0.05, 0) is 115 Å². The smallest absolute Gasteiger partial charge is 0.156 e. The highest BCUT2D eigenvalue weighted by atomic mass is 16.5. The monoisotopic (exact) mass is 1030 g/mol. The summed E-state index contributed by atoms with van der Waals surface area (Å²) in [5, 5.41) is 2.14. The Morgan fingerprint density at radius 1 is 0.338 bits per heavy atom. The van der Waals surface area contributed by atoms with Gasteiger partial charge in [-0.25, -0.2) is 0 Å². The van der Waals surface area contributed by atoms with Crippen molar-refractivity contribution >= 4 is 39.0 Å². The van der Waals surface area contributed by atoms with E-state index in [2.05, 4.69) is 289 Å². The Bertz CT molecular complexity index is 4350. The predicted octanol–water partition coefficient (Wildman–Crippen LogP) is 20.3. The highest BCUT2D eigenvalue weighted by molar-refractivity contribution is 6.14. The van der Waals surface area contributed by atoms with Crippen LogP contribution in [0.5, 0.6) is 23.0 Å². The summed E-state index contributed by atoms with van der Waals surface area (Å²) in [4.78, 5) is 2.45. The predicted molar refractivity (Wildman–Crippen MR) is 327 cm³/mol. The van der Waals surface area contributed by atoms with Gasteiger partial charge >= 0.3 is 0 Å². The number of anilines is 3. The van der Waals surface area contributed by atoms with E-state index in [1.165, 1.54) is 33.4 Å². The van der Waals surface area contributed by atoms with Gasteiger partial charge in [0.2, 0.25) is 0 Å². The van der Waals surface area contributed by atoms with Crippen molar-refractivity contribution in [2.24, 2.45) is 0 Å². The van der Waals surface area contributed by atoms with Crippen molar-refractivity contribution in [2.45, 2.75) is 63.2 Å². The van der Waals surface area contributed by atoms with Gasteiger partial charge < -0.3 is 18.8 Å². The van der Waals surface area contributed by atoms with E-state index in [0.29, 0.717) is 0 Å². The summed E-state index contributed by atoms with van der Waals surface area (Å²) >= 11 is 0. The van der Waals surface area contributed by atoms with Crippen molar-refractivity contribution in [3.05, 3.63) is 304 Å². The largest absolute Gasteiger partial charge is 0.457 e. The molecular formula is C76H59NO3. The van der Waals surface area contributed by atoms with Crippen LogP contribution in [-0.2, 0) is 21.7 Å². The van der Waals surface area contributed by atoms with Crippen LogP contribution in [0.3, 0.4) is 0 Å². The molecule has 3 heterocycles. The second kappa shape index (κ2) is 17.6. The van der Waals surface area contributed by atoms with Crippen molar-refractivity contribution < 1.29 is 13.9 Å². The van der Waals surface area contributed by atoms with E-state index in [-0.39, 0.29) is 10.8 Å². The molecule has 1 aromatic heterocycles. The summed E-state index contributed by atoms with van der Waals surface area (Å²) in [5.41, 5.74) is 19.2. The third-order valence-electron chi connectivity index (χ3n) is 17.4. The fourth-order valence-corrected chi connectivity index (χ4v) is 13.7. The quantitative estimate of drug-likeness (QED) is 0.166. The fourth-order valence-electron chi connectivity index (χ4n) is 13.7. The third-order valence-corrected chi connectivity index (χ3v) is 17.4. The molecule has 0 bridgehead atoms. The van der Waals surface area contributed by atoms with Crippen LogP contribution in [0.4, 0.5) is 17.1 Å². The number of furan rings is 1. The summed E-state index contributed by atoms with van der Waals surface area (Å²) in [6.07, 6.45) is 0. The fraction of sp³-hybridized carbons (Fsp3) is 0.132. The Hall–Kier alpha value is -9.38. The van der Waals surface area contributed by atoms with Crippen LogP contribution in [0, 0.1) is 0 Å². The summed E-state index contributed by atoms with van der Waals surface area (Å²) in [5.74, 6) is 3.26. The zero-order valence-corrected chi connectivity index (χ0v) is 45.8. The lowest BCUT2D eigenvalue weighted by atomic mass is 9.63. The molecule has 0 N–H and O–H groups in total. The molecular weight excluding hydrogens is 975 g/mol. The molecule has 1 spiro atoms. The molecule has 0 amide bonds. The van der Waals surface area contributed by atoms with Gasteiger partial charge in [0.25, 0.3) is 0 Å². The van der Waals surface area contributed by atoms with Crippen molar-refractivity contribution in [1.29, 1.82) is 0 Å². The molecule has 0 atom stereocenters. The van der Waals surface area contributed by atoms with Crippen LogP contribution >= 0.6 is 0 Å². The van der Waals surface area contributed by atoms with Crippen LogP contribution in [0.25, 0.3) is 44.2 Å². The van der Waals surface area contributed by atoms with E-state index < -0.39 is 10.8 Å². The maximum Gasteiger partial charge on any atom is 0.156 e. The molecule has 2 aliphatic heterocycles. The summed E-state index contributed by atoms with van der Waals surface area (Å²) in [7, 11) is 0. The van der Waals surface area contributed by atoms with Crippen molar-refractivity contribution in [2.75, 3.05) is 4.90 Å². The van der Waals surface area contributed by atoms with Gasteiger partial charge in [0.1, 0.15) is 28.4 Å². The van der Waals surface area contributed by atoms with Gasteiger partial charge in [0.15, 0.2) is 5.75 Å². The molecule has 4 nitrogen and oxygen atoms in total. The van der Waals surface area contributed by atoms with Crippen molar-refractivity contribution in [1.82, 2.24) is 0 Å². The van der Waals surface area contributed by atoms with Crippen LogP contribution < -0.4 is 14.4 Å². The van der Waals surface area contributed by atoms with E-state index in [4.69, 9.17) is 13.9 Å². The second-order valence-corrected chi connectivity index (χ2v) is 23.9. The highest BCUT2D eigenvalue weighted by Crippen LogP contribution is 2.65. The number of para-hydroxylation sites is 5. The van der Waals surface area contributed by atoms with Gasteiger partial charge in [0, 0.05) is 44.3 Å². The standard InChI is InChI=1S/C76H59NO3/c1-73(2,3)50-39-42-53-54-43-40-51(74(4,5)6)46-62(54)76(61(53)45-50)59-31-16-20-37-68(59)80-72-60(76)32-22-34-65(72)77(64-33-17-13-27-55(64)56-29-21-38-70-71(56)57-28-14-18-35-66(57)78-70)52-41-44-69-63(47-52)75(48-23-9-7-10-24-48,49-25-11-8-12-26-49)58-30-15-19-36-67(58)79-69/h7-47H,1-6H3. The first-order chi connectivity index (χ1) is 38.9. The molecule has 0 saturated heterocycles. The second-order valence-electron chi connectivity index (χ2n) is 23.9. The molecule has 80 heavy (non-hydrogen) atoms. The Balaban J connectivity index is 1.07. The molecule has 0 radical (unpaired) electrons. The molecule has 3 aliphatic rings. The molecule has 386 valence electrons. The summed E-state index contributed by atoms with van der Waals surface area (Å²) in [6, 6.07) is 90.9. The van der Waals surface area contributed by atoms with Crippen molar-refractivity contribution in [3.8, 4) is 45.3 Å². The van der Waals surface area contributed by atoms with Crippen LogP contribution in [0.1, 0.15) is 97.2 Å². The number of fused-ring (bicyclic) bond motifs is 14. The van der Waals surface area contributed by atoms with Gasteiger partial charge in [-0.15, -0.1) is 0 Å². The first-order valence-electron chi connectivity index (χ1n) is 28.0. The van der Waals surface area contributed by atoms with Gasteiger partial charge in [-0.2, -0.15) is 0 Å². The van der Waals surface area contributed by atoms with Gasteiger partial charge in [-0.3, -0.25) is 0 Å². The van der Waals surface area contributed by atoms with Gasteiger partial charge in [-0.1, -0.05) is 236 Å². The highest BCUT2D eigenvalue weighted by Gasteiger charge is 2.53. The average Bonchev–Trinajstić information content (AvgIpc) is 4.22. The number of hydrogen-bond donors (Lipinski definition) is 0. The van der Waals surface area contributed by atoms with E-state index in [0.717, 1.165) is 107 Å². The van der Waals surface area contributed by atoms with Crippen molar-refractivity contribution in [3.63, 3.8) is 0 Å². The van der Waals surface area contributed by atoms with E-state index >= 15 is 0 Å². The zero-order valence-electron chi connectivity index (χ0n) is 45.8. The number of benzene rings is 11. The van der Waals surface area contributed by atoms with E-state index in [9.17, 15) is 0 Å². The molecule has 12 aromatic rings.